The van der Waals surface area contributed by atoms with Crippen molar-refractivity contribution in [3.05, 3.63) is 0 Å². The third kappa shape index (κ3) is 0.900. The third-order valence-corrected chi connectivity index (χ3v) is 4.81. The van der Waals surface area contributed by atoms with Gasteiger partial charge in [0.25, 0.3) is 0 Å². The molecule has 0 aromatic carbocycles. The summed E-state index contributed by atoms with van der Waals surface area (Å²) in [6, 6.07) is 0. The average Bonchev–Trinajstić information content (AvgIpc) is 2.92. The summed E-state index contributed by atoms with van der Waals surface area (Å²) in [5.74, 6) is -3.56. The topological polar surface area (TPSA) is 89.9 Å². The van der Waals surface area contributed by atoms with E-state index in [1.807, 2.05) is 0 Å². The van der Waals surface area contributed by atoms with Crippen molar-refractivity contribution in [2.75, 3.05) is 0 Å². The highest BCUT2D eigenvalue weighted by molar-refractivity contribution is 5.98. The van der Waals surface area contributed by atoms with Crippen LogP contribution in [0, 0.1) is 35.5 Å². The molecular formula is C11H10O6. The summed E-state index contributed by atoms with van der Waals surface area (Å²) in [6.07, 6.45) is -0.496. The highest BCUT2D eigenvalue weighted by Crippen LogP contribution is 2.63. The lowest BCUT2D eigenvalue weighted by atomic mass is 9.70. The fourth-order valence-corrected chi connectivity index (χ4v) is 4.33. The number of carbonyl (C=O) groups is 3. The molecule has 7 atom stereocenters. The van der Waals surface area contributed by atoms with Crippen LogP contribution in [0.15, 0.2) is 0 Å². The molecule has 0 aromatic heterocycles. The van der Waals surface area contributed by atoms with Gasteiger partial charge in [0.1, 0.15) is 0 Å². The molecule has 2 saturated heterocycles. The van der Waals surface area contributed by atoms with Crippen LogP contribution in [-0.2, 0) is 23.9 Å². The molecule has 0 aromatic rings. The highest BCUT2D eigenvalue weighted by atomic mass is 16.6. The van der Waals surface area contributed by atoms with Crippen molar-refractivity contribution in [3.8, 4) is 0 Å². The summed E-state index contributed by atoms with van der Waals surface area (Å²) < 4.78 is 9.43. The normalized spacial score (nSPS) is 54.6. The minimum absolute atomic E-state index is 0.157. The molecule has 1 N–H and O–H groups in total. The van der Waals surface area contributed by atoms with Gasteiger partial charge >= 0.3 is 17.9 Å². The highest BCUT2D eigenvalue weighted by Gasteiger charge is 2.72. The lowest BCUT2D eigenvalue weighted by Gasteiger charge is -2.27. The van der Waals surface area contributed by atoms with Gasteiger partial charge in [-0.1, -0.05) is 0 Å². The van der Waals surface area contributed by atoms with E-state index in [1.54, 1.807) is 0 Å². The Balaban J connectivity index is 1.79. The molecule has 0 amide bonds. The molecule has 90 valence electrons. The Morgan fingerprint density at radius 1 is 0.941 bits per heavy atom. The van der Waals surface area contributed by atoms with Crippen LogP contribution < -0.4 is 0 Å². The quantitative estimate of drug-likeness (QED) is 0.432. The van der Waals surface area contributed by atoms with Crippen LogP contribution >= 0.6 is 0 Å². The maximum Gasteiger partial charge on any atom is 0.317 e. The molecule has 4 rings (SSSR count). The molecule has 2 aliphatic heterocycles. The predicted octanol–water partition coefficient (Wildman–Crippen LogP) is -0.941. The minimum Gasteiger partial charge on any atom is -0.435 e. The molecule has 2 aliphatic carbocycles. The second-order valence-electron chi connectivity index (χ2n) is 5.29. The van der Waals surface area contributed by atoms with E-state index in [0.29, 0.717) is 6.42 Å². The summed E-state index contributed by atoms with van der Waals surface area (Å²) in [5, 5.41) is 9.68. The summed E-state index contributed by atoms with van der Waals surface area (Å²) in [6.45, 7) is 0. The van der Waals surface area contributed by atoms with Gasteiger partial charge in [-0.3, -0.25) is 14.4 Å². The van der Waals surface area contributed by atoms with Gasteiger partial charge in [0.2, 0.25) is 6.29 Å². The molecule has 4 fully saturated rings. The molecule has 0 radical (unpaired) electrons. The molecule has 2 saturated carbocycles. The Morgan fingerprint density at radius 3 is 2.29 bits per heavy atom. The predicted molar refractivity (Wildman–Crippen MR) is 48.8 cm³/mol. The average molecular weight is 238 g/mol. The van der Waals surface area contributed by atoms with E-state index in [2.05, 4.69) is 4.74 Å². The van der Waals surface area contributed by atoms with E-state index in [1.165, 1.54) is 0 Å². The van der Waals surface area contributed by atoms with E-state index < -0.39 is 42.0 Å². The van der Waals surface area contributed by atoms with Gasteiger partial charge in [0.15, 0.2) is 0 Å². The molecule has 2 heterocycles. The number of carbonyl (C=O) groups excluding carboxylic acids is 3. The number of cyclic esters (lactones) is 3. The van der Waals surface area contributed by atoms with Crippen LogP contribution in [0.1, 0.15) is 6.42 Å². The zero-order valence-electron chi connectivity index (χ0n) is 8.74. The lowest BCUT2D eigenvalue weighted by molar-refractivity contribution is -0.159. The molecule has 7 unspecified atom stereocenters. The van der Waals surface area contributed by atoms with Crippen LogP contribution in [0.25, 0.3) is 0 Å². The van der Waals surface area contributed by atoms with Crippen LogP contribution in [-0.4, -0.2) is 29.3 Å². The maximum absolute atomic E-state index is 11.6. The molecule has 17 heavy (non-hydrogen) atoms. The van der Waals surface area contributed by atoms with Gasteiger partial charge < -0.3 is 14.6 Å². The van der Waals surface area contributed by atoms with Crippen LogP contribution in [0.4, 0.5) is 0 Å². The minimum atomic E-state index is -1.13. The van der Waals surface area contributed by atoms with Crippen molar-refractivity contribution >= 4 is 17.9 Å². The number of aliphatic hydroxyl groups excluding tert-OH is 1. The first kappa shape index (κ1) is 9.58. The van der Waals surface area contributed by atoms with Crippen molar-refractivity contribution < 1.29 is 29.0 Å². The number of ether oxygens (including phenoxy) is 2. The number of fused-ring (bicyclic) bond motifs is 8. The van der Waals surface area contributed by atoms with Crippen molar-refractivity contribution in [1.82, 2.24) is 0 Å². The summed E-state index contributed by atoms with van der Waals surface area (Å²) >= 11 is 0. The first-order chi connectivity index (χ1) is 8.09. The summed E-state index contributed by atoms with van der Waals surface area (Å²) in [7, 11) is 0. The fraction of sp³-hybridized carbons (Fsp3) is 0.727. The molecular weight excluding hydrogens is 228 g/mol. The number of hydrogen-bond donors (Lipinski definition) is 1. The second kappa shape index (κ2) is 2.69. The smallest absolute Gasteiger partial charge is 0.317 e. The van der Waals surface area contributed by atoms with Gasteiger partial charge in [0, 0.05) is 5.92 Å². The van der Waals surface area contributed by atoms with Crippen molar-refractivity contribution in [2.45, 2.75) is 12.7 Å². The zero-order valence-corrected chi connectivity index (χ0v) is 8.74. The SMILES string of the molecule is O=C1OC(=O)C2C3CC(C12)C1C(=O)OC(O)C31. The van der Waals surface area contributed by atoms with E-state index >= 15 is 0 Å². The molecule has 6 nitrogen and oxygen atoms in total. The van der Waals surface area contributed by atoms with Crippen molar-refractivity contribution in [1.29, 1.82) is 0 Å². The maximum atomic E-state index is 11.6. The van der Waals surface area contributed by atoms with Crippen molar-refractivity contribution in [2.24, 2.45) is 35.5 Å². The number of aliphatic hydroxyl groups is 1. The van der Waals surface area contributed by atoms with Gasteiger partial charge in [-0.15, -0.1) is 0 Å². The molecule has 0 spiro atoms. The van der Waals surface area contributed by atoms with Crippen LogP contribution in [0.5, 0.6) is 0 Å². The van der Waals surface area contributed by atoms with Gasteiger partial charge in [-0.05, 0) is 18.3 Å². The summed E-state index contributed by atoms with van der Waals surface area (Å²) in [5.41, 5.74) is 0. The zero-order chi connectivity index (χ0) is 11.9. The second-order valence-corrected chi connectivity index (χ2v) is 5.29. The van der Waals surface area contributed by atoms with E-state index in [-0.39, 0.29) is 17.8 Å². The summed E-state index contributed by atoms with van der Waals surface area (Å²) in [4.78, 5) is 34.8. The number of hydrogen-bond acceptors (Lipinski definition) is 6. The Morgan fingerprint density at radius 2 is 1.59 bits per heavy atom. The third-order valence-electron chi connectivity index (χ3n) is 4.81. The number of rotatable bonds is 0. The molecule has 4 aliphatic rings. The van der Waals surface area contributed by atoms with Gasteiger partial charge in [-0.25, -0.2) is 0 Å². The Kier molecular flexibility index (Phi) is 1.52. The Bertz CT molecular complexity index is 457. The van der Waals surface area contributed by atoms with Crippen molar-refractivity contribution in [3.63, 3.8) is 0 Å². The van der Waals surface area contributed by atoms with Crippen LogP contribution in [0.3, 0.4) is 0 Å². The first-order valence-corrected chi connectivity index (χ1v) is 5.73. The Hall–Kier alpha value is -1.43. The monoisotopic (exact) mass is 238 g/mol. The standard InChI is InChI=1S/C11H10O6/c12-8-4-2-1-3(6(4)10(14)16-8)7-5(2)9(13)17-11(7)15/h2-8,12H,1H2. The number of esters is 3. The fourth-order valence-electron chi connectivity index (χ4n) is 4.33. The Labute approximate surface area is 95.9 Å². The molecule has 6 heteroatoms. The lowest BCUT2D eigenvalue weighted by Crippen LogP contribution is -2.38. The van der Waals surface area contributed by atoms with Crippen LogP contribution in [0.2, 0.25) is 0 Å². The first-order valence-electron chi connectivity index (χ1n) is 5.73. The van der Waals surface area contributed by atoms with E-state index in [0.717, 1.165) is 0 Å². The van der Waals surface area contributed by atoms with E-state index in [4.69, 9.17) is 4.74 Å². The molecule has 2 bridgehead atoms. The van der Waals surface area contributed by atoms with Gasteiger partial charge in [0.05, 0.1) is 17.8 Å². The van der Waals surface area contributed by atoms with E-state index in [9.17, 15) is 19.5 Å². The van der Waals surface area contributed by atoms with Gasteiger partial charge in [-0.2, -0.15) is 0 Å². The largest absolute Gasteiger partial charge is 0.435 e.